The topological polar surface area (TPSA) is 69.4 Å². The molecule has 0 spiro atoms. The molecule has 0 aliphatic carbocycles. The number of hydrogen-bond donors (Lipinski definition) is 0. The Morgan fingerprint density at radius 2 is 1.94 bits per heavy atom. The summed E-state index contributed by atoms with van der Waals surface area (Å²) in [4.78, 5) is 19.9. The van der Waals surface area contributed by atoms with Crippen LogP contribution in [0.5, 0.6) is 0 Å². The van der Waals surface area contributed by atoms with Crippen LogP contribution in [0.3, 0.4) is 0 Å². The Balaban J connectivity index is 3.58. The van der Waals surface area contributed by atoms with Gasteiger partial charge in [-0.05, 0) is 0 Å². The predicted octanol–water partition coefficient (Wildman–Crippen LogP) is 1.80. The molecule has 1 aromatic rings. The van der Waals surface area contributed by atoms with Crippen LogP contribution >= 0.6 is 0 Å². The minimum absolute atomic E-state index is 0.0527. The summed E-state index contributed by atoms with van der Waals surface area (Å²) in [5.41, 5.74) is -2.76. The van der Waals surface area contributed by atoms with Gasteiger partial charge in [0.15, 0.2) is 11.6 Å². The summed E-state index contributed by atoms with van der Waals surface area (Å²) in [6.45, 7) is 0. The monoisotopic (exact) mass is 235 g/mol. The molecule has 0 saturated carbocycles. The van der Waals surface area contributed by atoms with E-state index in [2.05, 4.69) is 4.74 Å². The molecule has 0 saturated heterocycles. The lowest BCUT2D eigenvalue weighted by atomic mass is 10.1. The first-order chi connectivity index (χ1) is 7.40. The van der Waals surface area contributed by atoms with Gasteiger partial charge in [0.1, 0.15) is 5.56 Å². The number of carbonyl (C=O) groups excluding carboxylic acids is 1. The zero-order valence-electron chi connectivity index (χ0n) is 7.79. The maximum Gasteiger partial charge on any atom is 0.344 e. The normalized spacial score (nSPS) is 10.0. The molecular weight excluding hydrogens is 231 g/mol. The molecule has 0 bridgehead atoms. The largest absolute Gasteiger partial charge is 0.465 e. The molecule has 0 unspecified atom stereocenters. The number of methoxy groups -OCH3 is 1. The van der Waals surface area contributed by atoms with E-state index in [1.165, 1.54) is 0 Å². The number of benzene rings is 1. The Morgan fingerprint density at radius 1 is 1.38 bits per heavy atom. The average Bonchev–Trinajstić information content (AvgIpc) is 2.22. The van der Waals surface area contributed by atoms with Crippen LogP contribution in [0.2, 0.25) is 0 Å². The third kappa shape index (κ3) is 1.81. The van der Waals surface area contributed by atoms with Crippen molar-refractivity contribution in [1.82, 2.24) is 0 Å². The number of halogens is 3. The Kier molecular flexibility index (Phi) is 3.11. The van der Waals surface area contributed by atoms with Gasteiger partial charge in [-0.2, -0.15) is 4.39 Å². The van der Waals surface area contributed by atoms with Gasteiger partial charge >= 0.3 is 11.7 Å². The predicted molar refractivity (Wildman–Crippen MR) is 44.3 cm³/mol. The Labute approximate surface area is 86.6 Å². The average molecular weight is 235 g/mol. The highest BCUT2D eigenvalue weighted by Gasteiger charge is 2.30. The van der Waals surface area contributed by atoms with Gasteiger partial charge in [0.05, 0.1) is 18.1 Å². The highest BCUT2D eigenvalue weighted by molar-refractivity contribution is 5.90. The molecule has 86 valence electrons. The fourth-order valence-corrected chi connectivity index (χ4v) is 1.00. The number of nitrogens with zero attached hydrogens (tertiary/aromatic N) is 1. The van der Waals surface area contributed by atoms with E-state index in [0.29, 0.717) is 0 Å². The van der Waals surface area contributed by atoms with Crippen molar-refractivity contribution in [2.75, 3.05) is 7.11 Å². The quantitative estimate of drug-likeness (QED) is 0.339. The van der Waals surface area contributed by atoms with Crippen LogP contribution in [0.25, 0.3) is 0 Å². The van der Waals surface area contributed by atoms with Crippen molar-refractivity contribution in [1.29, 1.82) is 0 Å². The van der Waals surface area contributed by atoms with Gasteiger partial charge in [0, 0.05) is 0 Å². The molecule has 0 aromatic heterocycles. The number of carbonyl (C=O) groups is 1. The van der Waals surface area contributed by atoms with E-state index >= 15 is 0 Å². The molecule has 0 amide bonds. The summed E-state index contributed by atoms with van der Waals surface area (Å²) in [5, 5.41) is 10.3. The molecule has 0 N–H and O–H groups in total. The number of esters is 1. The summed E-state index contributed by atoms with van der Waals surface area (Å²) >= 11 is 0. The van der Waals surface area contributed by atoms with E-state index < -0.39 is 39.6 Å². The van der Waals surface area contributed by atoms with Gasteiger partial charge in [0.25, 0.3) is 0 Å². The summed E-state index contributed by atoms with van der Waals surface area (Å²) in [6.07, 6.45) is 0. The number of nitro groups is 1. The third-order valence-electron chi connectivity index (χ3n) is 1.72. The molecule has 1 aromatic carbocycles. The van der Waals surface area contributed by atoms with Crippen molar-refractivity contribution < 1.29 is 27.6 Å². The molecule has 0 aliphatic heterocycles. The van der Waals surface area contributed by atoms with Crippen LogP contribution in [0, 0.1) is 27.6 Å². The van der Waals surface area contributed by atoms with Crippen LogP contribution in [-0.2, 0) is 4.74 Å². The number of nitro benzene ring substituents is 1. The lowest BCUT2D eigenvalue weighted by molar-refractivity contribution is -0.387. The van der Waals surface area contributed by atoms with Crippen molar-refractivity contribution in [2.45, 2.75) is 0 Å². The van der Waals surface area contributed by atoms with Crippen molar-refractivity contribution in [3.63, 3.8) is 0 Å². The molecule has 0 heterocycles. The van der Waals surface area contributed by atoms with Crippen LogP contribution in [0.4, 0.5) is 18.9 Å². The minimum atomic E-state index is -1.82. The lowest BCUT2D eigenvalue weighted by Gasteiger charge is -2.03. The summed E-state index contributed by atoms with van der Waals surface area (Å²) in [7, 11) is 0.804. The molecule has 16 heavy (non-hydrogen) atoms. The summed E-state index contributed by atoms with van der Waals surface area (Å²) in [6, 6.07) is 0.0527. The summed E-state index contributed by atoms with van der Waals surface area (Å²) in [5.74, 6) is -6.82. The van der Waals surface area contributed by atoms with E-state index in [4.69, 9.17) is 0 Å². The molecule has 5 nitrogen and oxygen atoms in total. The van der Waals surface area contributed by atoms with Crippen LogP contribution < -0.4 is 0 Å². The van der Waals surface area contributed by atoms with Crippen LogP contribution in [0.1, 0.15) is 10.4 Å². The van der Waals surface area contributed by atoms with E-state index in [-0.39, 0.29) is 6.07 Å². The lowest BCUT2D eigenvalue weighted by Crippen LogP contribution is -2.11. The van der Waals surface area contributed by atoms with Crippen molar-refractivity contribution in [3.8, 4) is 0 Å². The van der Waals surface area contributed by atoms with Gasteiger partial charge in [0.2, 0.25) is 5.82 Å². The first-order valence-corrected chi connectivity index (χ1v) is 3.80. The Morgan fingerprint density at radius 3 is 2.38 bits per heavy atom. The standard InChI is InChI=1S/C8H4F3NO4/c1-16-8(13)5-6(10)3(9)2-4(7(5)11)12(14)15/h2H,1H3. The second-order valence-corrected chi connectivity index (χ2v) is 2.63. The molecule has 0 aliphatic rings. The summed E-state index contributed by atoms with van der Waals surface area (Å²) < 4.78 is 43.1. The van der Waals surface area contributed by atoms with Gasteiger partial charge in [-0.3, -0.25) is 10.1 Å². The molecule has 0 atom stereocenters. The zero-order valence-corrected chi connectivity index (χ0v) is 7.79. The number of hydrogen-bond acceptors (Lipinski definition) is 4. The number of rotatable bonds is 2. The zero-order chi connectivity index (χ0) is 12.5. The maximum absolute atomic E-state index is 13.3. The third-order valence-corrected chi connectivity index (χ3v) is 1.72. The Bertz CT molecular complexity index is 475. The smallest absolute Gasteiger partial charge is 0.344 e. The second-order valence-electron chi connectivity index (χ2n) is 2.63. The van der Waals surface area contributed by atoms with Gasteiger partial charge in [-0.25, -0.2) is 13.6 Å². The molecule has 0 radical (unpaired) electrons. The van der Waals surface area contributed by atoms with Gasteiger partial charge in [-0.15, -0.1) is 0 Å². The Hall–Kier alpha value is -2.12. The van der Waals surface area contributed by atoms with Gasteiger partial charge in [-0.1, -0.05) is 0 Å². The fraction of sp³-hybridized carbons (Fsp3) is 0.125. The van der Waals surface area contributed by atoms with Gasteiger partial charge < -0.3 is 4.74 Å². The van der Waals surface area contributed by atoms with E-state index in [1.807, 2.05) is 0 Å². The van der Waals surface area contributed by atoms with E-state index in [1.54, 1.807) is 0 Å². The minimum Gasteiger partial charge on any atom is -0.465 e. The maximum atomic E-state index is 13.3. The second kappa shape index (κ2) is 4.17. The first kappa shape index (κ1) is 12.0. The molecule has 0 fully saturated rings. The van der Waals surface area contributed by atoms with Crippen molar-refractivity contribution >= 4 is 11.7 Å². The number of ether oxygens (including phenoxy) is 1. The first-order valence-electron chi connectivity index (χ1n) is 3.80. The highest BCUT2D eigenvalue weighted by atomic mass is 19.2. The van der Waals surface area contributed by atoms with Crippen LogP contribution in [0.15, 0.2) is 6.07 Å². The molecule has 1 rings (SSSR count). The molecule has 8 heteroatoms. The van der Waals surface area contributed by atoms with Crippen molar-refractivity contribution in [2.24, 2.45) is 0 Å². The highest BCUT2D eigenvalue weighted by Crippen LogP contribution is 2.26. The van der Waals surface area contributed by atoms with E-state index in [0.717, 1.165) is 7.11 Å². The van der Waals surface area contributed by atoms with E-state index in [9.17, 15) is 28.1 Å². The molecular formula is C8H4F3NO4. The van der Waals surface area contributed by atoms with Crippen molar-refractivity contribution in [3.05, 3.63) is 39.2 Å². The SMILES string of the molecule is COC(=O)c1c(F)c(F)cc([N+](=O)[O-])c1F. The van der Waals surface area contributed by atoms with Crippen LogP contribution in [-0.4, -0.2) is 18.0 Å². The fourth-order valence-electron chi connectivity index (χ4n) is 1.00.